The predicted molar refractivity (Wildman–Crippen MR) is 72.3 cm³/mol. The normalized spacial score (nSPS) is 11.4. The standard InChI is InChI=1S/C13H18FNO4S/c1-3-4-5-6-19-13(16)11-8-10(20(15,17)18)7-9(2)12(11)14/h7-8H,3-6H2,1-2H3,(H2,15,17,18). The van der Waals surface area contributed by atoms with E-state index in [1.807, 2.05) is 6.92 Å². The molecule has 0 saturated carbocycles. The van der Waals surface area contributed by atoms with Crippen LogP contribution < -0.4 is 5.14 Å². The van der Waals surface area contributed by atoms with Crippen LogP contribution in [-0.2, 0) is 14.8 Å². The third kappa shape index (κ3) is 4.28. The highest BCUT2D eigenvalue weighted by molar-refractivity contribution is 7.89. The molecule has 1 aromatic rings. The average Bonchev–Trinajstić information content (AvgIpc) is 2.36. The molecule has 0 bridgehead atoms. The van der Waals surface area contributed by atoms with Crippen molar-refractivity contribution in [3.8, 4) is 0 Å². The zero-order chi connectivity index (χ0) is 15.3. The van der Waals surface area contributed by atoms with Gasteiger partial charge in [-0.2, -0.15) is 0 Å². The number of nitrogens with two attached hydrogens (primary N) is 1. The van der Waals surface area contributed by atoms with Crippen molar-refractivity contribution < 1.29 is 22.3 Å². The van der Waals surface area contributed by atoms with Crippen LogP contribution in [0, 0.1) is 12.7 Å². The maximum atomic E-state index is 13.9. The summed E-state index contributed by atoms with van der Waals surface area (Å²) in [5, 5.41) is 4.98. The minimum absolute atomic E-state index is 0.0250. The van der Waals surface area contributed by atoms with Gasteiger partial charge in [-0.15, -0.1) is 0 Å². The lowest BCUT2D eigenvalue weighted by Gasteiger charge is -2.09. The van der Waals surface area contributed by atoms with E-state index in [9.17, 15) is 17.6 Å². The van der Waals surface area contributed by atoms with Gasteiger partial charge >= 0.3 is 5.97 Å². The number of benzene rings is 1. The Morgan fingerprint density at radius 1 is 1.35 bits per heavy atom. The van der Waals surface area contributed by atoms with Gasteiger partial charge in [0.05, 0.1) is 17.1 Å². The number of aryl methyl sites for hydroxylation is 1. The lowest BCUT2D eigenvalue weighted by atomic mass is 10.1. The molecule has 0 saturated heterocycles. The summed E-state index contributed by atoms with van der Waals surface area (Å²) in [6.07, 6.45) is 2.54. The number of carbonyl (C=O) groups excluding carboxylic acids is 1. The van der Waals surface area contributed by atoms with Crippen LogP contribution in [0.15, 0.2) is 17.0 Å². The van der Waals surface area contributed by atoms with Crippen LogP contribution in [0.1, 0.15) is 42.1 Å². The fourth-order valence-electron chi connectivity index (χ4n) is 1.64. The first-order chi connectivity index (χ1) is 9.27. The summed E-state index contributed by atoms with van der Waals surface area (Å²) in [7, 11) is -4.00. The molecular weight excluding hydrogens is 285 g/mol. The second kappa shape index (κ2) is 6.81. The van der Waals surface area contributed by atoms with Gasteiger partial charge in [0.25, 0.3) is 0 Å². The lowest BCUT2D eigenvalue weighted by Crippen LogP contribution is -2.16. The molecule has 7 heteroatoms. The van der Waals surface area contributed by atoms with Crippen molar-refractivity contribution in [2.45, 2.75) is 38.0 Å². The Morgan fingerprint density at radius 3 is 2.55 bits per heavy atom. The lowest BCUT2D eigenvalue weighted by molar-refractivity contribution is 0.0492. The van der Waals surface area contributed by atoms with Crippen LogP contribution in [0.4, 0.5) is 4.39 Å². The van der Waals surface area contributed by atoms with Crippen molar-refractivity contribution in [2.75, 3.05) is 6.61 Å². The van der Waals surface area contributed by atoms with Crippen molar-refractivity contribution in [1.82, 2.24) is 0 Å². The molecule has 0 aliphatic heterocycles. The van der Waals surface area contributed by atoms with Crippen LogP contribution in [-0.4, -0.2) is 21.0 Å². The third-order valence-corrected chi connectivity index (χ3v) is 3.65. The minimum Gasteiger partial charge on any atom is -0.462 e. The number of ether oxygens (including phenoxy) is 1. The molecule has 2 N–H and O–H groups in total. The van der Waals surface area contributed by atoms with Gasteiger partial charge in [-0.3, -0.25) is 0 Å². The molecule has 0 amide bonds. The fourth-order valence-corrected chi connectivity index (χ4v) is 2.27. The monoisotopic (exact) mass is 303 g/mol. The zero-order valence-corrected chi connectivity index (χ0v) is 12.3. The molecule has 0 atom stereocenters. The maximum absolute atomic E-state index is 13.9. The molecule has 20 heavy (non-hydrogen) atoms. The van der Waals surface area contributed by atoms with Gasteiger partial charge in [-0.1, -0.05) is 19.8 Å². The van der Waals surface area contributed by atoms with Gasteiger partial charge in [-0.05, 0) is 31.0 Å². The van der Waals surface area contributed by atoms with E-state index in [0.29, 0.717) is 6.42 Å². The molecule has 0 fully saturated rings. The van der Waals surface area contributed by atoms with Crippen molar-refractivity contribution in [2.24, 2.45) is 5.14 Å². The highest BCUT2D eigenvalue weighted by Crippen LogP contribution is 2.19. The van der Waals surface area contributed by atoms with Crippen molar-refractivity contribution in [1.29, 1.82) is 0 Å². The molecule has 0 radical (unpaired) electrons. The Kier molecular flexibility index (Phi) is 5.64. The molecule has 112 valence electrons. The Balaban J connectivity index is 2.99. The maximum Gasteiger partial charge on any atom is 0.341 e. The summed E-state index contributed by atoms with van der Waals surface area (Å²) in [5.41, 5.74) is -0.387. The van der Waals surface area contributed by atoms with Crippen LogP contribution in [0.25, 0.3) is 0 Å². The van der Waals surface area contributed by atoms with Crippen LogP contribution >= 0.6 is 0 Å². The van der Waals surface area contributed by atoms with E-state index in [-0.39, 0.29) is 17.1 Å². The van der Waals surface area contributed by atoms with Crippen molar-refractivity contribution in [3.05, 3.63) is 29.1 Å². The molecule has 0 aromatic heterocycles. The molecule has 0 spiro atoms. The van der Waals surface area contributed by atoms with Crippen LogP contribution in [0.3, 0.4) is 0 Å². The number of hydrogen-bond donors (Lipinski definition) is 1. The van der Waals surface area contributed by atoms with Crippen LogP contribution in [0.5, 0.6) is 0 Å². The highest BCUT2D eigenvalue weighted by atomic mass is 32.2. The number of unbranched alkanes of at least 4 members (excludes halogenated alkanes) is 2. The first-order valence-electron chi connectivity index (χ1n) is 6.27. The van der Waals surface area contributed by atoms with E-state index in [1.54, 1.807) is 0 Å². The van der Waals surface area contributed by atoms with Crippen LogP contribution in [0.2, 0.25) is 0 Å². The SMILES string of the molecule is CCCCCOC(=O)c1cc(S(N)(=O)=O)cc(C)c1F. The Bertz CT molecular complexity index is 599. The van der Waals surface area contributed by atoms with Gasteiger partial charge in [0.2, 0.25) is 10.0 Å². The topological polar surface area (TPSA) is 86.5 Å². The van der Waals surface area contributed by atoms with Crippen molar-refractivity contribution >= 4 is 16.0 Å². The minimum atomic E-state index is -4.00. The summed E-state index contributed by atoms with van der Waals surface area (Å²) in [4.78, 5) is 11.5. The number of primary sulfonamides is 1. The van der Waals surface area contributed by atoms with Gasteiger partial charge in [0, 0.05) is 0 Å². The van der Waals surface area contributed by atoms with E-state index in [1.165, 1.54) is 6.92 Å². The zero-order valence-electron chi connectivity index (χ0n) is 11.5. The van der Waals surface area contributed by atoms with Gasteiger partial charge in [0.1, 0.15) is 5.82 Å². The van der Waals surface area contributed by atoms with E-state index in [2.05, 4.69) is 0 Å². The first kappa shape index (κ1) is 16.6. The molecule has 1 rings (SSSR count). The third-order valence-electron chi connectivity index (χ3n) is 2.76. The predicted octanol–water partition coefficient (Wildman–Crippen LogP) is 2.13. The van der Waals surface area contributed by atoms with Gasteiger partial charge in [-0.25, -0.2) is 22.7 Å². The second-order valence-electron chi connectivity index (χ2n) is 4.49. The number of esters is 1. The number of hydrogen-bond acceptors (Lipinski definition) is 4. The smallest absolute Gasteiger partial charge is 0.341 e. The highest BCUT2D eigenvalue weighted by Gasteiger charge is 2.20. The summed E-state index contributed by atoms with van der Waals surface area (Å²) in [5.74, 6) is -1.68. The molecular formula is C13H18FNO4S. The Hall–Kier alpha value is -1.47. The first-order valence-corrected chi connectivity index (χ1v) is 7.82. The van der Waals surface area contributed by atoms with E-state index >= 15 is 0 Å². The molecule has 1 aromatic carbocycles. The molecule has 5 nitrogen and oxygen atoms in total. The number of sulfonamides is 1. The second-order valence-corrected chi connectivity index (χ2v) is 6.05. The molecule has 0 heterocycles. The van der Waals surface area contributed by atoms with E-state index in [4.69, 9.17) is 9.88 Å². The number of carbonyl (C=O) groups is 1. The van der Waals surface area contributed by atoms with E-state index < -0.39 is 27.4 Å². The van der Waals surface area contributed by atoms with Gasteiger partial charge < -0.3 is 4.74 Å². The summed E-state index contributed by atoms with van der Waals surface area (Å²) in [6.45, 7) is 3.53. The average molecular weight is 303 g/mol. The summed E-state index contributed by atoms with van der Waals surface area (Å²) in [6, 6.07) is 1.98. The Morgan fingerprint density at radius 2 is 2.00 bits per heavy atom. The molecule has 0 aliphatic rings. The summed E-state index contributed by atoms with van der Waals surface area (Å²) >= 11 is 0. The molecule has 0 unspecified atom stereocenters. The quantitative estimate of drug-likeness (QED) is 0.644. The molecule has 0 aliphatic carbocycles. The Labute approximate surface area is 118 Å². The fraction of sp³-hybridized carbons (Fsp3) is 0.462. The largest absolute Gasteiger partial charge is 0.462 e. The van der Waals surface area contributed by atoms with E-state index in [0.717, 1.165) is 25.0 Å². The van der Waals surface area contributed by atoms with Gasteiger partial charge in [0.15, 0.2) is 0 Å². The number of rotatable bonds is 6. The number of halogens is 1. The van der Waals surface area contributed by atoms with Crippen molar-refractivity contribution in [3.63, 3.8) is 0 Å². The summed E-state index contributed by atoms with van der Waals surface area (Å²) < 4.78 is 41.3.